The molecular weight excluding hydrogens is 308 g/mol. The smallest absolute Gasteiger partial charge is 0.330 e. The number of amides is 2. The van der Waals surface area contributed by atoms with Crippen LogP contribution in [-0.4, -0.2) is 45.3 Å². The third-order valence-corrected chi connectivity index (χ3v) is 2.91. The maximum absolute atomic E-state index is 11.8. The number of benzene rings is 1. The Labute approximate surface area is 130 Å². The summed E-state index contributed by atoms with van der Waals surface area (Å²) in [5.74, 6) is -3.93. The van der Waals surface area contributed by atoms with Crippen molar-refractivity contribution in [2.45, 2.75) is 24.9 Å². The van der Waals surface area contributed by atoms with Gasteiger partial charge in [0.2, 0.25) is 0 Å². The molecule has 0 fully saturated rings. The molecule has 0 spiro atoms. The van der Waals surface area contributed by atoms with Gasteiger partial charge in [-0.15, -0.1) is 0 Å². The molecule has 23 heavy (non-hydrogen) atoms. The number of urea groups is 1. The lowest BCUT2D eigenvalue weighted by atomic mass is 10.1. The zero-order chi connectivity index (χ0) is 17.4. The van der Waals surface area contributed by atoms with E-state index in [1.165, 1.54) is 12.1 Å². The number of carboxylic acids is 3. The first-order valence-electron chi connectivity index (χ1n) is 6.60. The summed E-state index contributed by atoms with van der Waals surface area (Å²) >= 11 is 0. The van der Waals surface area contributed by atoms with E-state index < -0.39 is 42.4 Å². The van der Waals surface area contributed by atoms with Gasteiger partial charge in [0.1, 0.15) is 6.04 Å². The average Bonchev–Trinajstić information content (AvgIpc) is 2.49. The first kappa shape index (κ1) is 18.0. The van der Waals surface area contributed by atoms with Gasteiger partial charge < -0.3 is 26.0 Å². The van der Waals surface area contributed by atoms with E-state index in [9.17, 15) is 19.2 Å². The molecule has 0 saturated heterocycles. The number of rotatable bonds is 8. The number of hydrogen-bond donors (Lipinski definition) is 5. The van der Waals surface area contributed by atoms with Gasteiger partial charge in [0.15, 0.2) is 6.04 Å². The number of carbonyl (C=O) groups is 4. The van der Waals surface area contributed by atoms with E-state index >= 15 is 0 Å². The van der Waals surface area contributed by atoms with Crippen molar-refractivity contribution >= 4 is 23.9 Å². The van der Waals surface area contributed by atoms with Crippen LogP contribution in [0.2, 0.25) is 0 Å². The Hall–Kier alpha value is -3.10. The summed E-state index contributed by atoms with van der Waals surface area (Å²) in [6.07, 6.45) is -0.764. The molecule has 9 heteroatoms. The van der Waals surface area contributed by atoms with Crippen LogP contribution in [0.1, 0.15) is 24.4 Å². The van der Waals surface area contributed by atoms with E-state index in [1.54, 1.807) is 18.2 Å². The Morgan fingerprint density at radius 2 is 1.52 bits per heavy atom. The van der Waals surface area contributed by atoms with Gasteiger partial charge in [-0.1, -0.05) is 30.3 Å². The topological polar surface area (TPSA) is 153 Å². The number of aliphatic carboxylic acids is 3. The fourth-order valence-electron chi connectivity index (χ4n) is 1.79. The molecule has 0 aromatic heterocycles. The molecule has 2 atom stereocenters. The first-order chi connectivity index (χ1) is 10.8. The van der Waals surface area contributed by atoms with Gasteiger partial charge in [0, 0.05) is 6.42 Å². The molecule has 1 aromatic rings. The maximum atomic E-state index is 11.8. The molecule has 1 rings (SSSR count). The Kier molecular flexibility index (Phi) is 6.53. The van der Waals surface area contributed by atoms with Crippen LogP contribution in [0.15, 0.2) is 30.3 Å². The van der Waals surface area contributed by atoms with Crippen LogP contribution in [0.25, 0.3) is 0 Å². The highest BCUT2D eigenvalue weighted by atomic mass is 16.4. The van der Waals surface area contributed by atoms with Crippen molar-refractivity contribution in [1.82, 2.24) is 10.6 Å². The van der Waals surface area contributed by atoms with Crippen LogP contribution in [0.4, 0.5) is 4.79 Å². The predicted octanol–water partition coefficient (Wildman–Crippen LogP) is 0.429. The zero-order valence-electron chi connectivity index (χ0n) is 11.9. The molecule has 124 valence electrons. The summed E-state index contributed by atoms with van der Waals surface area (Å²) in [5.41, 5.74) is 0.313. The molecule has 5 N–H and O–H groups in total. The Balaban J connectivity index is 2.73. The quantitative estimate of drug-likeness (QED) is 0.464. The standard InChI is InChI=1S/C14H16N2O7/c17-10(18)7-6-9(12(19)20)15-14(23)16-11(13(21)22)8-4-2-1-3-5-8/h1-5,9,11H,6-7H2,(H,17,18)(H,19,20)(H,21,22)(H2,15,16,23)/t9-,11-/m0/s1. The van der Waals surface area contributed by atoms with E-state index in [4.69, 9.17) is 15.3 Å². The summed E-state index contributed by atoms with van der Waals surface area (Å²) in [5, 5.41) is 30.8. The second kappa shape index (κ2) is 8.37. The molecule has 0 bridgehead atoms. The van der Waals surface area contributed by atoms with E-state index in [0.29, 0.717) is 5.56 Å². The molecule has 0 saturated carbocycles. The number of carboxylic acid groups (broad SMARTS) is 3. The van der Waals surface area contributed by atoms with Gasteiger partial charge in [-0.25, -0.2) is 14.4 Å². The molecule has 0 aliphatic carbocycles. The van der Waals surface area contributed by atoms with E-state index in [0.717, 1.165) is 0 Å². The highest BCUT2D eigenvalue weighted by molar-refractivity contribution is 5.86. The van der Waals surface area contributed by atoms with Gasteiger partial charge >= 0.3 is 23.9 Å². The summed E-state index contributed by atoms with van der Waals surface area (Å²) < 4.78 is 0. The fourth-order valence-corrected chi connectivity index (χ4v) is 1.79. The Morgan fingerprint density at radius 1 is 0.913 bits per heavy atom. The molecule has 9 nitrogen and oxygen atoms in total. The molecule has 2 amide bonds. The minimum Gasteiger partial charge on any atom is -0.481 e. The summed E-state index contributed by atoms with van der Waals surface area (Å²) in [4.78, 5) is 44.5. The summed E-state index contributed by atoms with van der Waals surface area (Å²) in [6.45, 7) is 0. The van der Waals surface area contributed by atoms with Crippen molar-refractivity contribution in [1.29, 1.82) is 0 Å². The number of hydrogen-bond acceptors (Lipinski definition) is 4. The van der Waals surface area contributed by atoms with Gasteiger partial charge in [0.05, 0.1) is 0 Å². The molecule has 0 radical (unpaired) electrons. The highest BCUT2D eigenvalue weighted by Gasteiger charge is 2.25. The Morgan fingerprint density at radius 3 is 2.00 bits per heavy atom. The minimum absolute atomic E-state index is 0.313. The van der Waals surface area contributed by atoms with E-state index in [1.807, 2.05) is 0 Å². The molecule has 0 unspecified atom stereocenters. The summed E-state index contributed by atoms with van der Waals surface area (Å²) in [7, 11) is 0. The van der Waals surface area contributed by atoms with Gasteiger partial charge in [-0.05, 0) is 12.0 Å². The fraction of sp³-hybridized carbons (Fsp3) is 0.286. The van der Waals surface area contributed by atoms with Crippen molar-refractivity contribution in [3.63, 3.8) is 0 Å². The van der Waals surface area contributed by atoms with Crippen LogP contribution in [-0.2, 0) is 14.4 Å². The SMILES string of the molecule is O=C(O)CC[C@H](NC(=O)N[C@H](C(=O)O)c1ccccc1)C(=O)O. The van der Waals surface area contributed by atoms with Gasteiger partial charge in [0.25, 0.3) is 0 Å². The van der Waals surface area contributed by atoms with Crippen molar-refractivity contribution in [2.24, 2.45) is 0 Å². The molecular formula is C14H16N2O7. The monoisotopic (exact) mass is 324 g/mol. The van der Waals surface area contributed by atoms with Crippen LogP contribution in [0, 0.1) is 0 Å². The number of carbonyl (C=O) groups excluding carboxylic acids is 1. The van der Waals surface area contributed by atoms with Crippen molar-refractivity contribution in [3.8, 4) is 0 Å². The zero-order valence-corrected chi connectivity index (χ0v) is 11.9. The van der Waals surface area contributed by atoms with Crippen molar-refractivity contribution < 1.29 is 34.5 Å². The lowest BCUT2D eigenvalue weighted by Crippen LogP contribution is -2.48. The predicted molar refractivity (Wildman–Crippen MR) is 76.8 cm³/mol. The van der Waals surface area contributed by atoms with Crippen molar-refractivity contribution in [3.05, 3.63) is 35.9 Å². The van der Waals surface area contributed by atoms with Crippen LogP contribution in [0.5, 0.6) is 0 Å². The maximum Gasteiger partial charge on any atom is 0.330 e. The third-order valence-electron chi connectivity index (χ3n) is 2.91. The van der Waals surface area contributed by atoms with E-state index in [-0.39, 0.29) is 6.42 Å². The van der Waals surface area contributed by atoms with Crippen molar-refractivity contribution in [2.75, 3.05) is 0 Å². The molecule has 0 aliphatic heterocycles. The van der Waals surface area contributed by atoms with Gasteiger partial charge in [-0.3, -0.25) is 4.79 Å². The molecule has 0 aliphatic rings. The minimum atomic E-state index is -1.43. The largest absolute Gasteiger partial charge is 0.481 e. The lowest BCUT2D eigenvalue weighted by Gasteiger charge is -2.18. The normalized spacial score (nSPS) is 12.7. The lowest BCUT2D eigenvalue weighted by molar-refractivity contribution is -0.140. The van der Waals surface area contributed by atoms with Gasteiger partial charge in [-0.2, -0.15) is 0 Å². The van der Waals surface area contributed by atoms with Crippen LogP contribution >= 0.6 is 0 Å². The second-order valence-corrected chi connectivity index (χ2v) is 4.62. The summed E-state index contributed by atoms with van der Waals surface area (Å²) in [6, 6.07) is 4.06. The first-order valence-corrected chi connectivity index (χ1v) is 6.60. The molecule has 1 aromatic carbocycles. The third kappa shape index (κ3) is 6.04. The van der Waals surface area contributed by atoms with Crippen LogP contribution < -0.4 is 10.6 Å². The average molecular weight is 324 g/mol. The number of nitrogens with one attached hydrogen (secondary N) is 2. The van der Waals surface area contributed by atoms with Crippen LogP contribution in [0.3, 0.4) is 0 Å². The highest BCUT2D eigenvalue weighted by Crippen LogP contribution is 2.12. The Bertz CT molecular complexity index is 588. The van der Waals surface area contributed by atoms with E-state index in [2.05, 4.69) is 10.6 Å². The second-order valence-electron chi connectivity index (χ2n) is 4.62. The molecule has 0 heterocycles.